The number of hydrogen-bond donors (Lipinski definition) is 0. The van der Waals surface area contributed by atoms with Gasteiger partial charge >= 0.3 is 60.3 Å². The molecule has 138 heavy (non-hydrogen) atoms. The van der Waals surface area contributed by atoms with Crippen molar-refractivity contribution >= 4 is 21.5 Å². The molecule has 21 rings (SSSR count). The van der Waals surface area contributed by atoms with Crippen molar-refractivity contribution in [3.8, 4) is 44.9 Å². The fourth-order valence-electron chi connectivity index (χ4n) is 18.6. The van der Waals surface area contributed by atoms with Gasteiger partial charge in [0.05, 0.1) is 50.4 Å². The number of nitrogens with zero attached hydrogens (tertiary/aromatic N) is 9. The molecule has 670 valence electrons. The molecule has 0 N–H and O–H groups in total. The molecule has 3 unspecified atom stereocenters. The molecule has 0 saturated heterocycles. The molecule has 9 aromatic heterocycles. The largest absolute Gasteiger partial charge is 3.00 e. The van der Waals surface area contributed by atoms with Crippen molar-refractivity contribution in [2.75, 3.05) is 0 Å². The van der Waals surface area contributed by atoms with E-state index in [9.17, 15) is 0 Å². The van der Waals surface area contributed by atoms with E-state index in [-0.39, 0.29) is 60.3 Å². The summed E-state index contributed by atoms with van der Waals surface area (Å²) in [7, 11) is 0. The van der Waals surface area contributed by atoms with Crippen molar-refractivity contribution < 1.29 is 60.3 Å². The van der Waals surface area contributed by atoms with Crippen LogP contribution in [0.25, 0.3) is 66.4 Å². The maximum absolute atomic E-state index is 5.49. The summed E-state index contributed by atoms with van der Waals surface area (Å²) in [6.45, 7) is 15.3. The Morgan fingerprint density at radius 3 is 0.848 bits per heavy atom. The third-order valence-corrected chi connectivity index (χ3v) is 26.5. The second-order valence-electron chi connectivity index (χ2n) is 34.8. The Kier molecular flexibility index (Phi) is 29.9. The van der Waals surface area contributed by atoms with Crippen molar-refractivity contribution in [3.63, 3.8) is 0 Å². The van der Waals surface area contributed by atoms with Crippen molar-refractivity contribution in [1.29, 1.82) is 0 Å². The second-order valence-corrected chi connectivity index (χ2v) is 34.8. The third kappa shape index (κ3) is 19.1. The minimum atomic E-state index is -0.666. The number of hydrogen-bond acceptors (Lipinski definition) is 9. The fourth-order valence-corrected chi connectivity index (χ4v) is 18.6. The van der Waals surface area contributed by atoms with Crippen LogP contribution >= 0.6 is 0 Å². The van der Waals surface area contributed by atoms with Gasteiger partial charge in [-0.1, -0.05) is 128 Å². The topological polar surface area (TPSA) is 116 Å². The smallest absolute Gasteiger partial charge is 0.300 e. The molecule has 12 aromatic carbocycles. The van der Waals surface area contributed by atoms with E-state index in [1.165, 1.54) is 0 Å². The Morgan fingerprint density at radius 1 is 0.203 bits per heavy atom. The van der Waals surface area contributed by atoms with Crippen LogP contribution in [0.5, 0.6) is 0 Å². The molecular weight excluding hydrogens is 2220 g/mol. The van der Waals surface area contributed by atoms with Gasteiger partial charge in [-0.2, -0.15) is 182 Å². The van der Waals surface area contributed by atoms with E-state index in [0.717, 1.165) is 173 Å². The molecule has 6 atom stereocenters. The predicted octanol–water partition coefficient (Wildman–Crippen LogP) is 27.2. The van der Waals surface area contributed by atoms with E-state index in [4.69, 9.17) is 44.9 Å². The molecule has 12 heteroatoms. The van der Waals surface area contributed by atoms with Gasteiger partial charge < -0.3 is 0 Å². The first kappa shape index (κ1) is 96.6. The van der Waals surface area contributed by atoms with Crippen LogP contribution < -0.4 is 0 Å². The molecule has 0 amide bonds. The zero-order chi connectivity index (χ0) is 92.2. The average Bonchev–Trinajstić information content (AvgIpc) is 0.751. The third-order valence-electron chi connectivity index (χ3n) is 26.5. The fraction of sp³-hybridized carbons (Fsp3) is 0.103. The van der Waals surface area contributed by atoms with Crippen molar-refractivity contribution in [2.24, 2.45) is 0 Å². The maximum atomic E-state index is 5.49. The van der Waals surface area contributed by atoms with Crippen LogP contribution in [0.4, 0.5) is 0 Å². The van der Waals surface area contributed by atoms with Crippen LogP contribution in [0.3, 0.4) is 0 Å². The zero-order valence-electron chi connectivity index (χ0n) is 77.2. The average molecular weight is 2310 g/mol. The quantitative estimate of drug-likeness (QED) is 0.0612. The normalized spacial score (nSPS) is 13.6. The first-order chi connectivity index (χ1) is 66.1. The van der Waals surface area contributed by atoms with E-state index < -0.39 is 32.5 Å². The second kappa shape index (κ2) is 42.8. The standard InChI is InChI=1S/C43H32N3.C42H32N3.C41H30N3.3Ir/c1-42(35-20-8-4-9-21-35,39-25-12-14-27-44-39)37-24-16-19-33(29-37)38-30-34(32-17-6-3-7-18-32)31-41(46-38)43(2,36-22-10-5-11-23-36)40-26-13-15-28-45-40;1-30-26-32(28-35(27-30)41(2,33-17-6-4-7-18-33)37-22-12-14-24-43-37)40-36-21-11-10-16-31(36)29-39(45-40)42(3,34-19-8-5-9-20-34)38-23-13-15-25-44-38;1-40(32-18-5-3-6-19-32,36-24-11-13-26-42-36)34-22-15-17-31(28-34)39-35-23-10-9-16-30(35)29-38(44-39)41(2,33-20-7-4-8-21-33)37-25-12-14-27-43-37;;;/h3-20,22,24-28,30-31H,1-2H3;4-17,19,21-27,29H,1-3H3;3-18,20,22-27,29H,1-2H3;;;/q3*-3;3*+3/t42?,43-;41?,42-;40?,41-;;;/m111.../s1. The van der Waals surface area contributed by atoms with E-state index in [0.29, 0.717) is 0 Å². The van der Waals surface area contributed by atoms with E-state index in [1.54, 1.807) is 0 Å². The van der Waals surface area contributed by atoms with Gasteiger partial charge in [0.2, 0.25) is 0 Å². The van der Waals surface area contributed by atoms with Gasteiger partial charge in [-0.3, -0.25) is 44.9 Å². The van der Waals surface area contributed by atoms with Crippen LogP contribution in [0.2, 0.25) is 0 Å². The van der Waals surface area contributed by atoms with Crippen LogP contribution in [0.1, 0.15) is 148 Å². The summed E-state index contributed by atoms with van der Waals surface area (Å²) in [4.78, 5) is 45.3. The molecule has 9 nitrogen and oxygen atoms in total. The van der Waals surface area contributed by atoms with Crippen molar-refractivity contribution in [2.45, 2.75) is 81.0 Å². The van der Waals surface area contributed by atoms with Crippen LogP contribution in [-0.4, -0.2) is 44.9 Å². The summed E-state index contributed by atoms with van der Waals surface area (Å²) in [6, 6.07) is 170. The molecule has 0 fully saturated rings. The molecule has 0 saturated carbocycles. The molecule has 0 spiro atoms. The van der Waals surface area contributed by atoms with Crippen molar-refractivity contribution in [1.82, 2.24) is 44.9 Å². The van der Waals surface area contributed by atoms with E-state index in [1.807, 2.05) is 207 Å². The number of pyridine rings is 9. The predicted molar refractivity (Wildman–Crippen MR) is 541 cm³/mol. The van der Waals surface area contributed by atoms with Crippen LogP contribution in [0, 0.1) is 61.5 Å². The number of aromatic nitrogens is 9. The summed E-state index contributed by atoms with van der Waals surface area (Å²) in [6.07, 6.45) is 11.1. The summed E-state index contributed by atoms with van der Waals surface area (Å²) < 4.78 is 0. The zero-order valence-corrected chi connectivity index (χ0v) is 84.4. The van der Waals surface area contributed by atoms with Gasteiger partial charge in [-0.25, -0.2) is 0 Å². The van der Waals surface area contributed by atoms with Gasteiger partial charge in [-0.15, -0.1) is 139 Å². The minimum absolute atomic E-state index is 0. The Morgan fingerprint density at radius 2 is 0.493 bits per heavy atom. The Bertz CT molecular complexity index is 7370. The molecule has 0 aliphatic heterocycles. The molecule has 0 radical (unpaired) electrons. The van der Waals surface area contributed by atoms with Gasteiger partial charge in [-0.05, 0) is 182 Å². The summed E-state index contributed by atoms with van der Waals surface area (Å²) in [5.74, 6) is 0. The number of aryl methyl sites for hydroxylation is 1. The molecule has 21 aromatic rings. The SMILES string of the molecule is CC(c1[c-]cccc1)(c1[c-]c(-c2cc(-c3ccccc3)cc([C@](C)(c3[c-]cccc3)c3ccccn3)n2)ccc1)c1ccccn1.CC(c1[c-]cccc1)(c1[c-]c(-c2nc([C@](C)(c3[c-]cccc3)c3ccccn3)cc3ccccc23)ccc1)c1ccccn1.Cc1cc(-c2nc([C@](C)(c3[c-]cccc3)c3ccccn3)cc3ccccc23)[c-]c(C(C)(c2[c-]cccc2)c2ccccn2)c1.[Ir+3].[Ir+3].[Ir+3]. The summed E-state index contributed by atoms with van der Waals surface area (Å²) in [5.41, 5.74) is 22.3. The first-order valence-corrected chi connectivity index (χ1v) is 45.4. The Balaban J connectivity index is 0.000000148. The Labute approximate surface area is 850 Å². The van der Waals surface area contributed by atoms with Gasteiger partial charge in [0.15, 0.2) is 0 Å². The van der Waals surface area contributed by atoms with Gasteiger partial charge in [0.25, 0.3) is 0 Å². The summed E-state index contributed by atoms with van der Waals surface area (Å²) >= 11 is 0. The van der Waals surface area contributed by atoms with Crippen LogP contribution in [-0.2, 0) is 92.8 Å². The van der Waals surface area contributed by atoms with Gasteiger partial charge in [0, 0.05) is 70.5 Å². The number of fused-ring (bicyclic) bond motifs is 2. The molecule has 0 aliphatic carbocycles. The monoisotopic (exact) mass is 2310 g/mol. The minimum Gasteiger partial charge on any atom is -0.300 e. The maximum Gasteiger partial charge on any atom is 3.00 e. The van der Waals surface area contributed by atoms with E-state index >= 15 is 0 Å². The van der Waals surface area contributed by atoms with Gasteiger partial charge in [0.1, 0.15) is 0 Å². The summed E-state index contributed by atoms with van der Waals surface area (Å²) in [5, 5.41) is 4.35. The Hall–Kier alpha value is -14.5. The molecule has 0 bridgehead atoms. The molecular formula is C126H94Ir3N9. The molecule has 0 aliphatic rings. The van der Waals surface area contributed by atoms with Crippen molar-refractivity contribution in [3.05, 3.63) is 605 Å². The number of rotatable bonds is 22. The first-order valence-electron chi connectivity index (χ1n) is 45.4. The molecule has 9 heterocycles. The van der Waals surface area contributed by atoms with Crippen LogP contribution in [0.15, 0.2) is 444 Å². The van der Waals surface area contributed by atoms with E-state index in [2.05, 4.69) is 340 Å². The number of benzene rings is 12.